The van der Waals surface area contributed by atoms with E-state index >= 15 is 0 Å². The molecule has 4 aromatic rings. The lowest BCUT2D eigenvalue weighted by Crippen LogP contribution is -2.18. The number of nitrogens with zero attached hydrogens (tertiary/aromatic N) is 3. The minimum Gasteiger partial charge on any atom is -0.316 e. The van der Waals surface area contributed by atoms with Gasteiger partial charge < -0.3 is 4.57 Å². The lowest BCUT2D eigenvalue weighted by molar-refractivity contribution is 0.0998. The fraction of sp³-hybridized carbons (Fsp3) is 0.211. The van der Waals surface area contributed by atoms with Gasteiger partial charge in [0.05, 0.1) is 30.8 Å². The number of amides is 1. The van der Waals surface area contributed by atoms with Gasteiger partial charge in [-0.3, -0.25) is 4.79 Å². The Hall–Kier alpha value is -2.01. The van der Waals surface area contributed by atoms with E-state index in [0.29, 0.717) is 16.9 Å². The van der Waals surface area contributed by atoms with Crippen LogP contribution in [0.2, 0.25) is 0 Å². The van der Waals surface area contributed by atoms with Crippen LogP contribution >= 0.6 is 34.4 Å². The molecule has 0 saturated carbocycles. The lowest BCUT2D eigenvalue weighted by atomic mass is 10.2. The molecule has 0 bridgehead atoms. The highest BCUT2D eigenvalue weighted by molar-refractivity contribution is 7.98. The highest BCUT2D eigenvalue weighted by Gasteiger charge is 2.13. The SMILES string of the molecule is CSCCn1c(=NC(=O)c2ccc3ncsc3c2)sc2cc(S(C)(=O)=O)ccc21. The molecule has 0 atom stereocenters. The number of fused-ring (bicyclic) bond motifs is 2. The third kappa shape index (κ3) is 4.16. The molecule has 0 aliphatic carbocycles. The molecule has 1 amide bonds. The van der Waals surface area contributed by atoms with Crippen molar-refractivity contribution in [2.24, 2.45) is 4.99 Å². The summed E-state index contributed by atoms with van der Waals surface area (Å²) in [5.41, 5.74) is 3.99. The van der Waals surface area contributed by atoms with Crippen LogP contribution in [0.15, 0.2) is 51.8 Å². The largest absolute Gasteiger partial charge is 0.316 e. The zero-order chi connectivity index (χ0) is 20.6. The summed E-state index contributed by atoms with van der Waals surface area (Å²) < 4.78 is 27.5. The topological polar surface area (TPSA) is 81.4 Å². The summed E-state index contributed by atoms with van der Waals surface area (Å²) in [5.74, 6) is 0.529. The number of carbonyl (C=O) groups excluding carboxylic acids is 1. The van der Waals surface area contributed by atoms with Gasteiger partial charge in [-0.2, -0.15) is 16.8 Å². The van der Waals surface area contributed by atoms with Crippen LogP contribution in [-0.4, -0.2) is 42.1 Å². The Morgan fingerprint density at radius 2 is 2.03 bits per heavy atom. The third-order valence-electron chi connectivity index (χ3n) is 4.38. The van der Waals surface area contributed by atoms with Crippen LogP contribution in [0.3, 0.4) is 0 Å². The van der Waals surface area contributed by atoms with Crippen LogP contribution in [0.4, 0.5) is 0 Å². The van der Waals surface area contributed by atoms with E-state index in [4.69, 9.17) is 0 Å². The first-order chi connectivity index (χ1) is 13.9. The zero-order valence-electron chi connectivity index (χ0n) is 15.7. The van der Waals surface area contributed by atoms with Crippen molar-refractivity contribution < 1.29 is 13.2 Å². The second-order valence-electron chi connectivity index (χ2n) is 6.38. The number of rotatable bonds is 5. The van der Waals surface area contributed by atoms with Gasteiger partial charge in [0.1, 0.15) is 0 Å². The van der Waals surface area contributed by atoms with Crippen molar-refractivity contribution in [3.05, 3.63) is 52.3 Å². The molecule has 0 fully saturated rings. The Morgan fingerprint density at radius 3 is 2.79 bits per heavy atom. The van der Waals surface area contributed by atoms with E-state index in [-0.39, 0.29) is 10.8 Å². The Morgan fingerprint density at radius 1 is 1.21 bits per heavy atom. The van der Waals surface area contributed by atoms with Gasteiger partial charge in [0.2, 0.25) is 0 Å². The van der Waals surface area contributed by atoms with E-state index in [1.54, 1.807) is 47.6 Å². The number of sulfone groups is 1. The van der Waals surface area contributed by atoms with E-state index < -0.39 is 9.84 Å². The molecule has 150 valence electrons. The maximum absolute atomic E-state index is 12.8. The molecule has 0 N–H and O–H groups in total. The van der Waals surface area contributed by atoms with Gasteiger partial charge in [-0.25, -0.2) is 13.4 Å². The maximum atomic E-state index is 12.8. The molecule has 0 saturated heterocycles. The Bertz CT molecular complexity index is 1400. The quantitative estimate of drug-likeness (QED) is 0.449. The van der Waals surface area contributed by atoms with Gasteiger partial charge in [-0.15, -0.1) is 11.3 Å². The van der Waals surface area contributed by atoms with Crippen molar-refractivity contribution in [2.45, 2.75) is 11.4 Å². The van der Waals surface area contributed by atoms with Crippen LogP contribution < -0.4 is 4.80 Å². The molecule has 10 heteroatoms. The average molecular weight is 464 g/mol. The number of benzene rings is 2. The molecule has 0 aliphatic heterocycles. The second-order valence-corrected chi connectivity index (χ2v) is 11.3. The predicted molar refractivity (Wildman–Crippen MR) is 121 cm³/mol. The minimum atomic E-state index is -3.31. The Balaban J connectivity index is 1.84. The van der Waals surface area contributed by atoms with Crippen LogP contribution in [0.1, 0.15) is 10.4 Å². The van der Waals surface area contributed by atoms with Crippen molar-refractivity contribution in [2.75, 3.05) is 18.3 Å². The molecule has 0 unspecified atom stereocenters. The van der Waals surface area contributed by atoms with Gasteiger partial charge in [0.25, 0.3) is 5.91 Å². The number of aromatic nitrogens is 2. The van der Waals surface area contributed by atoms with E-state index in [0.717, 1.165) is 26.2 Å². The van der Waals surface area contributed by atoms with E-state index in [1.165, 1.54) is 28.9 Å². The first-order valence-electron chi connectivity index (χ1n) is 8.61. The molecule has 0 aliphatic rings. The van der Waals surface area contributed by atoms with Gasteiger partial charge in [-0.1, -0.05) is 11.3 Å². The van der Waals surface area contributed by atoms with Crippen molar-refractivity contribution in [3.63, 3.8) is 0 Å². The first-order valence-corrected chi connectivity index (χ1v) is 13.6. The summed E-state index contributed by atoms with van der Waals surface area (Å²) in [5, 5.41) is 0. The number of thiazole rings is 2. The normalized spacial score (nSPS) is 12.8. The highest BCUT2D eigenvalue weighted by atomic mass is 32.2. The standard InChI is InChI=1S/C19H17N3O3S4/c1-26-8-7-22-15-6-4-13(29(2,24)25)10-17(15)28-19(22)21-18(23)12-3-5-14-16(9-12)27-11-20-14/h3-6,9-11H,7-8H2,1-2H3. The van der Waals surface area contributed by atoms with Gasteiger partial charge >= 0.3 is 0 Å². The summed E-state index contributed by atoms with van der Waals surface area (Å²) in [7, 11) is -3.31. The summed E-state index contributed by atoms with van der Waals surface area (Å²) in [6, 6.07) is 10.4. The first kappa shape index (κ1) is 20.3. The molecule has 2 heterocycles. The Labute approximate surface area is 179 Å². The summed E-state index contributed by atoms with van der Waals surface area (Å²) in [4.78, 5) is 22.2. The monoisotopic (exact) mass is 463 g/mol. The zero-order valence-corrected chi connectivity index (χ0v) is 18.9. The number of carbonyl (C=O) groups is 1. The minimum absolute atomic E-state index is 0.261. The second kappa shape index (κ2) is 8.02. The van der Waals surface area contributed by atoms with Crippen LogP contribution in [-0.2, 0) is 16.4 Å². The predicted octanol–water partition coefficient (Wildman–Crippen LogP) is 3.82. The molecule has 4 rings (SSSR count). The molecule has 0 radical (unpaired) electrons. The summed E-state index contributed by atoms with van der Waals surface area (Å²) >= 11 is 4.50. The molecule has 2 aromatic carbocycles. The van der Waals surface area contributed by atoms with E-state index in [1.807, 2.05) is 16.9 Å². The summed E-state index contributed by atoms with van der Waals surface area (Å²) in [6.07, 6.45) is 3.21. The van der Waals surface area contributed by atoms with Gasteiger partial charge in [0.15, 0.2) is 14.6 Å². The van der Waals surface area contributed by atoms with E-state index in [2.05, 4.69) is 9.98 Å². The van der Waals surface area contributed by atoms with E-state index in [9.17, 15) is 13.2 Å². The van der Waals surface area contributed by atoms with Gasteiger partial charge in [-0.05, 0) is 42.7 Å². The fourth-order valence-electron chi connectivity index (χ4n) is 2.91. The van der Waals surface area contributed by atoms with Crippen molar-refractivity contribution in [3.8, 4) is 0 Å². The number of aryl methyl sites for hydroxylation is 1. The lowest BCUT2D eigenvalue weighted by Gasteiger charge is -2.04. The maximum Gasteiger partial charge on any atom is 0.279 e. The number of thioether (sulfide) groups is 1. The molecular formula is C19H17N3O3S4. The van der Waals surface area contributed by atoms with Crippen LogP contribution in [0.25, 0.3) is 20.4 Å². The third-order valence-corrected chi connectivity index (χ3v) is 7.91. The van der Waals surface area contributed by atoms with Crippen molar-refractivity contribution >= 4 is 70.6 Å². The smallest absolute Gasteiger partial charge is 0.279 e. The van der Waals surface area contributed by atoms with Crippen molar-refractivity contribution in [1.29, 1.82) is 0 Å². The van der Waals surface area contributed by atoms with Crippen LogP contribution in [0.5, 0.6) is 0 Å². The summed E-state index contributed by atoms with van der Waals surface area (Å²) in [6.45, 7) is 0.680. The number of hydrogen-bond donors (Lipinski definition) is 0. The highest BCUT2D eigenvalue weighted by Crippen LogP contribution is 2.23. The molecule has 29 heavy (non-hydrogen) atoms. The van der Waals surface area contributed by atoms with Gasteiger partial charge in [0, 0.05) is 24.1 Å². The number of hydrogen-bond acceptors (Lipinski definition) is 7. The molecular weight excluding hydrogens is 446 g/mol. The molecule has 6 nitrogen and oxygen atoms in total. The van der Waals surface area contributed by atoms with Crippen LogP contribution in [0, 0.1) is 0 Å². The molecule has 2 aromatic heterocycles. The molecule has 0 spiro atoms. The fourth-order valence-corrected chi connectivity index (χ4v) is 5.80. The average Bonchev–Trinajstić information content (AvgIpc) is 3.28. The van der Waals surface area contributed by atoms with Crippen molar-refractivity contribution in [1.82, 2.24) is 9.55 Å². The Kier molecular flexibility index (Phi) is 5.60.